The van der Waals surface area contributed by atoms with Gasteiger partial charge in [-0.2, -0.15) is 0 Å². The van der Waals surface area contributed by atoms with Gasteiger partial charge in [0.15, 0.2) is 6.29 Å². The van der Waals surface area contributed by atoms with Gasteiger partial charge in [0.1, 0.15) is 11.6 Å². The summed E-state index contributed by atoms with van der Waals surface area (Å²) in [4.78, 5) is 17.8. The first-order valence-electron chi connectivity index (χ1n) is 9.32. The largest absolute Gasteiger partial charge is 0.367 e. The van der Waals surface area contributed by atoms with Crippen molar-refractivity contribution in [3.8, 4) is 0 Å². The van der Waals surface area contributed by atoms with Crippen LogP contribution in [0, 0.1) is 21.1 Å². The highest BCUT2D eigenvalue weighted by Gasteiger charge is 2.29. The third kappa shape index (κ3) is 5.85. The molecule has 0 aromatic heterocycles. The van der Waals surface area contributed by atoms with Gasteiger partial charge in [0.2, 0.25) is 0 Å². The van der Waals surface area contributed by atoms with Crippen LogP contribution in [0.3, 0.4) is 0 Å². The molecule has 2 aromatic rings. The number of hydroxylamine groups is 1. The van der Waals surface area contributed by atoms with Crippen molar-refractivity contribution in [3.05, 3.63) is 57.2 Å². The zero-order valence-electron chi connectivity index (χ0n) is 16.1. The van der Waals surface area contributed by atoms with Gasteiger partial charge < -0.3 is 20.5 Å². The lowest BCUT2D eigenvalue weighted by atomic mass is 10.0. The fraction of sp³-hybridized carbons (Fsp3) is 0.350. The molecule has 0 bridgehead atoms. The van der Waals surface area contributed by atoms with Gasteiger partial charge >= 0.3 is 0 Å². The molecule has 1 aliphatic heterocycles. The Bertz CT molecular complexity index is 902. The molecule has 1 aliphatic rings. The number of carbonyl (C=O) groups is 1. The molecule has 3 unspecified atom stereocenters. The monoisotopic (exact) mass is 533 g/mol. The molecule has 0 aliphatic carbocycles. The van der Waals surface area contributed by atoms with Crippen molar-refractivity contribution >= 4 is 39.9 Å². The van der Waals surface area contributed by atoms with Crippen LogP contribution < -0.4 is 16.1 Å². The topological polar surface area (TPSA) is 91.9 Å². The van der Waals surface area contributed by atoms with Gasteiger partial charge in [0.25, 0.3) is 5.91 Å². The minimum Gasteiger partial charge on any atom is -0.367 e. The molecule has 30 heavy (non-hydrogen) atoms. The molecule has 0 spiro atoms. The maximum absolute atomic E-state index is 14.1. The van der Waals surface area contributed by atoms with E-state index in [1.165, 1.54) is 18.2 Å². The van der Waals surface area contributed by atoms with Gasteiger partial charge in [-0.25, -0.2) is 14.3 Å². The number of hydrogen-bond donors (Lipinski definition) is 4. The molecule has 162 valence electrons. The molecular weight excluding hydrogens is 511 g/mol. The van der Waals surface area contributed by atoms with E-state index in [0.29, 0.717) is 16.7 Å². The van der Waals surface area contributed by atoms with Gasteiger partial charge in [-0.3, -0.25) is 9.63 Å². The summed E-state index contributed by atoms with van der Waals surface area (Å²) in [5.74, 6) is -1.88. The summed E-state index contributed by atoms with van der Waals surface area (Å²) >= 11 is 1.98. The number of ether oxygens (including phenoxy) is 1. The second kappa shape index (κ2) is 10.4. The molecule has 10 heteroatoms. The van der Waals surface area contributed by atoms with E-state index >= 15 is 0 Å². The molecule has 3 atom stereocenters. The van der Waals surface area contributed by atoms with Crippen LogP contribution in [0.2, 0.25) is 0 Å². The highest BCUT2D eigenvalue weighted by atomic mass is 127. The van der Waals surface area contributed by atoms with Gasteiger partial charge in [0.05, 0.1) is 36.2 Å². The standard InChI is InChI=1S/C20H22F2IN3O4/c1-11(18-20(28)29-7-6-24-18)10-30-26-19(27)14-4-2-12(21)8-17(14)25-16-5-3-13(23)9-15(16)22/h2-5,8-9,11,18,20,24-25,28H,6-7,10H2,1H3,(H,26,27). The van der Waals surface area contributed by atoms with Crippen molar-refractivity contribution in [2.24, 2.45) is 5.92 Å². The number of aliphatic hydroxyl groups is 1. The van der Waals surface area contributed by atoms with Crippen molar-refractivity contribution in [1.29, 1.82) is 0 Å². The maximum Gasteiger partial charge on any atom is 0.276 e. The summed E-state index contributed by atoms with van der Waals surface area (Å²) in [5.41, 5.74) is 2.60. The minimum absolute atomic E-state index is 0.0844. The Kier molecular flexibility index (Phi) is 7.94. The van der Waals surface area contributed by atoms with Crippen LogP contribution in [0.25, 0.3) is 0 Å². The maximum atomic E-state index is 14.1. The lowest BCUT2D eigenvalue weighted by Crippen LogP contribution is -2.53. The lowest BCUT2D eigenvalue weighted by molar-refractivity contribution is -0.154. The molecule has 1 fully saturated rings. The molecular formula is C20H22F2IN3O4. The van der Waals surface area contributed by atoms with Crippen molar-refractivity contribution in [3.63, 3.8) is 0 Å². The number of rotatable bonds is 7. The Hall–Kier alpha value is -1.86. The third-order valence-electron chi connectivity index (χ3n) is 4.63. The van der Waals surface area contributed by atoms with Crippen LogP contribution in [-0.4, -0.2) is 43.1 Å². The van der Waals surface area contributed by atoms with Crippen LogP contribution in [0.1, 0.15) is 17.3 Å². The molecule has 3 rings (SSSR count). The van der Waals surface area contributed by atoms with Gasteiger partial charge in [-0.1, -0.05) is 6.92 Å². The predicted octanol–water partition coefficient (Wildman–Crippen LogP) is 2.92. The number of halogens is 3. The van der Waals surface area contributed by atoms with Crippen molar-refractivity contribution in [2.45, 2.75) is 19.3 Å². The summed E-state index contributed by atoms with van der Waals surface area (Å²) in [5, 5.41) is 15.8. The number of hydrogen-bond acceptors (Lipinski definition) is 6. The van der Waals surface area contributed by atoms with E-state index < -0.39 is 23.8 Å². The molecule has 1 saturated heterocycles. The first-order chi connectivity index (χ1) is 14.3. The van der Waals surface area contributed by atoms with Gasteiger partial charge in [-0.15, -0.1) is 0 Å². The van der Waals surface area contributed by atoms with Crippen LogP contribution in [0.4, 0.5) is 20.2 Å². The Morgan fingerprint density at radius 3 is 2.87 bits per heavy atom. The van der Waals surface area contributed by atoms with E-state index in [1.807, 2.05) is 29.5 Å². The van der Waals surface area contributed by atoms with E-state index in [-0.39, 0.29) is 35.5 Å². The van der Waals surface area contributed by atoms with E-state index in [2.05, 4.69) is 16.1 Å². The molecule has 7 nitrogen and oxygen atoms in total. The molecule has 0 radical (unpaired) electrons. The smallest absolute Gasteiger partial charge is 0.276 e. The summed E-state index contributed by atoms with van der Waals surface area (Å²) in [7, 11) is 0. The number of aliphatic hydroxyl groups excluding tert-OH is 1. The van der Waals surface area contributed by atoms with Crippen LogP contribution in [0.5, 0.6) is 0 Å². The fourth-order valence-corrected chi connectivity index (χ4v) is 3.50. The number of carbonyl (C=O) groups excluding carboxylic acids is 1. The van der Waals surface area contributed by atoms with Gasteiger partial charge in [0, 0.05) is 16.0 Å². The Labute approximate surface area is 186 Å². The number of nitrogens with one attached hydrogen (secondary N) is 3. The second-order valence-corrected chi connectivity index (χ2v) is 8.15. The van der Waals surface area contributed by atoms with Crippen molar-refractivity contribution in [1.82, 2.24) is 10.8 Å². The second-order valence-electron chi connectivity index (χ2n) is 6.90. The summed E-state index contributed by atoms with van der Waals surface area (Å²) in [6.45, 7) is 2.98. The third-order valence-corrected chi connectivity index (χ3v) is 5.30. The zero-order chi connectivity index (χ0) is 21.7. The quantitative estimate of drug-likeness (QED) is 0.324. The summed E-state index contributed by atoms with van der Waals surface area (Å²) in [6.07, 6.45) is -0.954. The van der Waals surface area contributed by atoms with Crippen molar-refractivity contribution in [2.75, 3.05) is 25.1 Å². The molecule has 0 saturated carbocycles. The van der Waals surface area contributed by atoms with E-state index in [4.69, 9.17) is 9.57 Å². The Morgan fingerprint density at radius 2 is 2.13 bits per heavy atom. The SMILES string of the molecule is CC(CONC(=O)c1ccc(F)cc1Nc1ccc(I)cc1F)C1NCCOC1O. The summed E-state index contributed by atoms with van der Waals surface area (Å²) in [6, 6.07) is 7.71. The Morgan fingerprint density at radius 1 is 1.33 bits per heavy atom. The molecule has 1 amide bonds. The molecule has 2 aromatic carbocycles. The lowest BCUT2D eigenvalue weighted by Gasteiger charge is -2.33. The van der Waals surface area contributed by atoms with E-state index in [1.54, 1.807) is 6.07 Å². The van der Waals surface area contributed by atoms with E-state index in [0.717, 1.165) is 12.1 Å². The number of amides is 1. The molecule has 4 N–H and O–H groups in total. The highest BCUT2D eigenvalue weighted by molar-refractivity contribution is 14.1. The normalized spacial score (nSPS) is 19.9. The van der Waals surface area contributed by atoms with Gasteiger partial charge in [-0.05, 0) is 59.0 Å². The minimum atomic E-state index is -0.954. The Balaban J connectivity index is 1.64. The number of anilines is 2. The van der Waals surface area contributed by atoms with Crippen LogP contribution in [0.15, 0.2) is 36.4 Å². The van der Waals surface area contributed by atoms with Crippen LogP contribution in [-0.2, 0) is 9.57 Å². The van der Waals surface area contributed by atoms with Crippen LogP contribution >= 0.6 is 22.6 Å². The number of benzene rings is 2. The average molecular weight is 533 g/mol. The predicted molar refractivity (Wildman–Crippen MR) is 115 cm³/mol. The highest BCUT2D eigenvalue weighted by Crippen LogP contribution is 2.25. The number of morpholine rings is 1. The molecule has 1 heterocycles. The van der Waals surface area contributed by atoms with Crippen molar-refractivity contribution < 1.29 is 28.3 Å². The average Bonchev–Trinajstić information content (AvgIpc) is 2.70. The first-order valence-corrected chi connectivity index (χ1v) is 10.4. The first kappa shape index (κ1) is 22.8. The fourth-order valence-electron chi connectivity index (χ4n) is 3.04. The zero-order valence-corrected chi connectivity index (χ0v) is 18.3. The summed E-state index contributed by atoms with van der Waals surface area (Å²) < 4.78 is 33.8. The van der Waals surface area contributed by atoms with E-state index in [9.17, 15) is 18.7 Å².